The highest BCUT2D eigenvalue weighted by molar-refractivity contribution is 7.94. The zero-order chi connectivity index (χ0) is 16.9. The van der Waals surface area contributed by atoms with E-state index in [0.29, 0.717) is 0 Å². The molecule has 0 aromatic carbocycles. The molecule has 0 unspecified atom stereocenters. The van der Waals surface area contributed by atoms with E-state index >= 15 is 0 Å². The van der Waals surface area contributed by atoms with Crippen LogP contribution in [0, 0.1) is 0 Å². The van der Waals surface area contributed by atoms with Crippen LogP contribution in [0.1, 0.15) is 13.3 Å². The van der Waals surface area contributed by atoms with Crippen molar-refractivity contribution in [3.05, 3.63) is 12.2 Å². The third-order valence-corrected chi connectivity index (χ3v) is 6.81. The number of carboxylic acids is 1. The molecule has 2 fully saturated rings. The van der Waals surface area contributed by atoms with Crippen LogP contribution < -0.4 is 0 Å². The van der Waals surface area contributed by atoms with Crippen LogP contribution in [0.25, 0.3) is 0 Å². The van der Waals surface area contributed by atoms with Crippen molar-refractivity contribution < 1.29 is 32.7 Å². The molecule has 2 amide bonds. The summed E-state index contributed by atoms with van der Waals surface area (Å²) in [6.07, 6.45) is 1.72. The highest BCUT2D eigenvalue weighted by Crippen LogP contribution is 2.46. The van der Waals surface area contributed by atoms with E-state index in [0.717, 1.165) is 22.1 Å². The Bertz CT molecular complexity index is 671. The number of likely N-dealkylation sites (N-methyl/N-ethyl adjacent to an activating group) is 1. The molecule has 0 bridgehead atoms. The Labute approximate surface area is 127 Å². The van der Waals surface area contributed by atoms with E-state index < -0.39 is 43.8 Å². The van der Waals surface area contributed by atoms with E-state index in [1.165, 1.54) is 21.1 Å². The van der Waals surface area contributed by atoms with Crippen LogP contribution in [0.4, 0.5) is 0 Å². The Morgan fingerprint density at radius 2 is 2.09 bits per heavy atom. The van der Waals surface area contributed by atoms with Gasteiger partial charge in [0.25, 0.3) is 5.91 Å². The van der Waals surface area contributed by atoms with Gasteiger partial charge in [-0.25, -0.2) is 18.3 Å². The molecule has 0 spiro atoms. The van der Waals surface area contributed by atoms with Crippen LogP contribution in [0.5, 0.6) is 0 Å². The molecule has 3 atom stereocenters. The lowest BCUT2D eigenvalue weighted by Gasteiger charge is -2.35. The first kappa shape index (κ1) is 16.4. The lowest BCUT2D eigenvalue weighted by Crippen LogP contribution is -2.57. The molecule has 2 aliphatic heterocycles. The van der Waals surface area contributed by atoms with E-state index in [1.54, 1.807) is 0 Å². The third kappa shape index (κ3) is 2.02. The van der Waals surface area contributed by atoms with Crippen LogP contribution in [-0.4, -0.2) is 71.6 Å². The van der Waals surface area contributed by atoms with Crippen LogP contribution in [0.2, 0.25) is 0 Å². The predicted molar refractivity (Wildman–Crippen MR) is 72.9 cm³/mol. The summed E-state index contributed by atoms with van der Waals surface area (Å²) < 4.78 is 23.2. The second kappa shape index (κ2) is 5.06. The zero-order valence-electron chi connectivity index (χ0n) is 12.2. The van der Waals surface area contributed by atoms with Crippen LogP contribution >= 0.6 is 0 Å². The minimum atomic E-state index is -3.96. The molecule has 2 aliphatic rings. The SMILES string of the molecule is CON(C)C(=O)C=C[C@@]1(C)[C@H](C(=O)O)N2C(=O)C[C@H]2S1(=O)=O. The lowest BCUT2D eigenvalue weighted by molar-refractivity contribution is -0.162. The van der Waals surface area contributed by atoms with E-state index in [1.807, 2.05) is 0 Å². The largest absolute Gasteiger partial charge is 0.480 e. The first-order chi connectivity index (χ1) is 10.1. The molecule has 9 nitrogen and oxygen atoms in total. The van der Waals surface area contributed by atoms with Gasteiger partial charge in [0.05, 0.1) is 13.5 Å². The maximum absolute atomic E-state index is 12.5. The monoisotopic (exact) mass is 332 g/mol. The highest BCUT2D eigenvalue weighted by atomic mass is 32.2. The fraction of sp³-hybridized carbons (Fsp3) is 0.583. The molecule has 2 rings (SSSR count). The van der Waals surface area contributed by atoms with Gasteiger partial charge in [0.1, 0.15) is 10.1 Å². The number of hydrogen-bond donors (Lipinski definition) is 1. The van der Waals surface area contributed by atoms with Gasteiger partial charge in [-0.1, -0.05) is 6.08 Å². The average Bonchev–Trinajstić information content (AvgIpc) is 2.58. The Kier molecular flexibility index (Phi) is 3.78. The van der Waals surface area contributed by atoms with Crippen LogP contribution in [0.3, 0.4) is 0 Å². The summed E-state index contributed by atoms with van der Waals surface area (Å²) in [5.74, 6) is -2.61. The van der Waals surface area contributed by atoms with Gasteiger partial charge in [0, 0.05) is 13.1 Å². The Balaban J connectivity index is 2.45. The fourth-order valence-electron chi connectivity index (χ4n) is 2.68. The van der Waals surface area contributed by atoms with Gasteiger partial charge in [-0.3, -0.25) is 14.4 Å². The summed E-state index contributed by atoms with van der Waals surface area (Å²) in [5, 5.41) is 9.04. The molecule has 0 radical (unpaired) electrons. The first-order valence-corrected chi connectivity index (χ1v) is 7.91. The number of aliphatic carboxylic acids is 1. The maximum atomic E-state index is 12.5. The molecule has 0 aromatic heterocycles. The third-order valence-electron chi connectivity index (χ3n) is 4.11. The molecule has 10 heteroatoms. The topological polar surface area (TPSA) is 121 Å². The number of carbonyl (C=O) groups excluding carboxylic acids is 2. The summed E-state index contributed by atoms with van der Waals surface area (Å²) in [6, 6.07) is -1.55. The number of β-lactam (4-membered cyclic amide) rings is 1. The lowest BCUT2D eigenvalue weighted by atomic mass is 9.96. The van der Waals surface area contributed by atoms with Gasteiger partial charge in [0.15, 0.2) is 15.9 Å². The molecule has 0 saturated carbocycles. The maximum Gasteiger partial charge on any atom is 0.328 e. The standard InChI is InChI=1S/C12H16N2O7S/c1-12(5-4-7(15)13(2)21-3)10(11(17)18)14-8(16)6-9(14)22(12,19)20/h4-5,9-10H,6H2,1-3H3,(H,17,18)/t9-,10+,12+/m1/s1. The van der Waals surface area contributed by atoms with E-state index in [9.17, 15) is 27.9 Å². The molecule has 22 heavy (non-hydrogen) atoms. The minimum Gasteiger partial charge on any atom is -0.480 e. The number of amides is 2. The molecule has 122 valence electrons. The van der Waals surface area contributed by atoms with Crippen molar-refractivity contribution in [3.8, 4) is 0 Å². The summed E-state index contributed by atoms with van der Waals surface area (Å²) in [7, 11) is -1.38. The van der Waals surface area contributed by atoms with Crippen molar-refractivity contribution in [3.63, 3.8) is 0 Å². The van der Waals surface area contributed by atoms with Gasteiger partial charge >= 0.3 is 5.97 Å². The van der Waals surface area contributed by atoms with Crippen LogP contribution in [0.15, 0.2) is 12.2 Å². The summed E-state index contributed by atoms with van der Waals surface area (Å²) in [4.78, 5) is 40.2. The number of hydrogen-bond acceptors (Lipinski definition) is 6. The number of hydroxylamine groups is 2. The normalized spacial score (nSPS) is 32.7. The molecule has 0 aromatic rings. The quantitative estimate of drug-likeness (QED) is 0.388. The number of rotatable bonds is 4. The van der Waals surface area contributed by atoms with E-state index in [2.05, 4.69) is 4.84 Å². The van der Waals surface area contributed by atoms with Gasteiger partial charge in [-0.2, -0.15) is 0 Å². The second-order valence-corrected chi connectivity index (χ2v) is 7.79. The van der Waals surface area contributed by atoms with Gasteiger partial charge in [-0.05, 0) is 6.92 Å². The fourth-order valence-corrected chi connectivity index (χ4v) is 4.95. The number of carboxylic acid groups (broad SMARTS) is 1. The molecule has 2 heterocycles. The average molecular weight is 332 g/mol. The minimum absolute atomic E-state index is 0.235. The van der Waals surface area contributed by atoms with Crippen molar-refractivity contribution in [2.75, 3.05) is 14.2 Å². The number of carbonyl (C=O) groups is 3. The number of nitrogens with zero attached hydrogens (tertiary/aromatic N) is 2. The number of fused-ring (bicyclic) bond motifs is 1. The number of sulfone groups is 1. The van der Waals surface area contributed by atoms with Crippen molar-refractivity contribution in [2.45, 2.75) is 29.5 Å². The van der Waals surface area contributed by atoms with Crippen molar-refractivity contribution >= 4 is 27.6 Å². The van der Waals surface area contributed by atoms with E-state index in [4.69, 9.17) is 0 Å². The van der Waals surface area contributed by atoms with Crippen molar-refractivity contribution in [2.24, 2.45) is 0 Å². The molecule has 0 aliphatic carbocycles. The summed E-state index contributed by atoms with van der Waals surface area (Å²) >= 11 is 0. The van der Waals surface area contributed by atoms with Crippen molar-refractivity contribution in [1.29, 1.82) is 0 Å². The van der Waals surface area contributed by atoms with Gasteiger partial charge < -0.3 is 10.0 Å². The summed E-state index contributed by atoms with van der Waals surface area (Å²) in [5.41, 5.74) is 0. The Hall–Kier alpha value is -1.94. The zero-order valence-corrected chi connectivity index (χ0v) is 13.0. The molecule has 2 saturated heterocycles. The van der Waals surface area contributed by atoms with Crippen molar-refractivity contribution in [1.82, 2.24) is 9.96 Å². The first-order valence-electron chi connectivity index (χ1n) is 6.36. The molecular weight excluding hydrogens is 316 g/mol. The second-order valence-electron chi connectivity index (χ2n) is 5.28. The molecule has 1 N–H and O–H groups in total. The van der Waals surface area contributed by atoms with E-state index in [-0.39, 0.29) is 6.42 Å². The highest BCUT2D eigenvalue weighted by Gasteiger charge is 2.69. The smallest absolute Gasteiger partial charge is 0.328 e. The van der Waals surface area contributed by atoms with Gasteiger partial charge in [-0.15, -0.1) is 0 Å². The Morgan fingerprint density at radius 1 is 1.50 bits per heavy atom. The summed E-state index contributed by atoms with van der Waals surface area (Å²) in [6.45, 7) is 1.20. The van der Waals surface area contributed by atoms with Gasteiger partial charge in [0.2, 0.25) is 5.91 Å². The van der Waals surface area contributed by atoms with Crippen LogP contribution in [-0.2, 0) is 29.1 Å². The Morgan fingerprint density at radius 3 is 2.55 bits per heavy atom. The molecular formula is C12H16N2O7S. The predicted octanol–water partition coefficient (Wildman–Crippen LogP) is -1.24.